The Balaban J connectivity index is 0.00000142. The van der Waals surface area contributed by atoms with Crippen molar-refractivity contribution in [3.8, 4) is 11.8 Å². The van der Waals surface area contributed by atoms with Gasteiger partial charge in [-0.05, 0) is 68.9 Å². The van der Waals surface area contributed by atoms with E-state index in [1.54, 1.807) is 0 Å². The predicted octanol–water partition coefficient (Wildman–Crippen LogP) is 30.1. The molecule has 0 atom stereocenters. The second-order valence-corrected chi connectivity index (χ2v) is 27.0. The molecule has 1 heterocycles. The SMILES string of the molecule is CCCCCCCCCCC#CC1=C(c2ccc(C)cc2)[N+](=[N-])C(c2cccc(CCCCCC)c2)=C1CCCCCC.[CH2-]CCCCCCCCCCCCCCCCCCCCC.[CH2-]CCCCCCCCCCCCCCCCCCCCC.[Ni+2]. The quantitative estimate of drug-likeness (QED) is 0.0207. The molecular formula is C85H148N2Ni. The van der Waals surface area contributed by atoms with Gasteiger partial charge in [-0.2, -0.15) is 12.8 Å². The first-order valence-electron chi connectivity index (χ1n) is 39.1. The van der Waals surface area contributed by atoms with E-state index in [-0.39, 0.29) is 16.5 Å². The van der Waals surface area contributed by atoms with Gasteiger partial charge >= 0.3 is 16.5 Å². The second-order valence-electron chi connectivity index (χ2n) is 27.0. The Bertz CT molecular complexity index is 1850. The summed E-state index contributed by atoms with van der Waals surface area (Å²) in [5.41, 5.74) is 20.6. The van der Waals surface area contributed by atoms with Crippen molar-refractivity contribution in [1.29, 1.82) is 0 Å². The molecule has 0 fully saturated rings. The zero-order valence-electron chi connectivity index (χ0n) is 60.0. The third-order valence-electron chi connectivity index (χ3n) is 18.4. The zero-order valence-corrected chi connectivity index (χ0v) is 61.0. The van der Waals surface area contributed by atoms with Crippen LogP contribution >= 0.6 is 0 Å². The summed E-state index contributed by atoms with van der Waals surface area (Å²) in [7, 11) is 0. The van der Waals surface area contributed by atoms with Crippen LogP contribution in [0.2, 0.25) is 0 Å². The van der Waals surface area contributed by atoms with Gasteiger partial charge in [0.2, 0.25) is 11.4 Å². The Morgan fingerprint density at radius 2 is 0.648 bits per heavy atom. The number of hydrogen-bond acceptors (Lipinski definition) is 0. The Labute approximate surface area is 562 Å². The van der Waals surface area contributed by atoms with Crippen molar-refractivity contribution >= 4 is 11.4 Å². The summed E-state index contributed by atoms with van der Waals surface area (Å²) >= 11 is 0. The minimum absolute atomic E-state index is 0. The monoisotopic (exact) mass is 1260 g/mol. The van der Waals surface area contributed by atoms with Gasteiger partial charge in [0.1, 0.15) is 5.57 Å². The average Bonchev–Trinajstić information content (AvgIpc) is 2.62. The standard InChI is InChI=1S/C41H58N2.2C22H45.Ni/c1-5-8-11-14-15-16-17-18-19-22-28-38-39(27-21-13-10-7-3)41(43(42)40(38)36-31-29-34(4)30-32-36)37-26-23-25-35(33-37)24-20-12-9-6-2;2*1-3-5-7-9-11-13-15-17-19-21-22-20-18-16-14-12-10-8-6-4-2;/h23,25-26,29-33H,5-21,24,27H2,1-4H3;2*1,3-22H2,2H3;/q;2*-1;+2. The summed E-state index contributed by atoms with van der Waals surface area (Å²) in [5.74, 6) is 7.16. The van der Waals surface area contributed by atoms with Crippen LogP contribution in [-0.4, -0.2) is 4.70 Å². The van der Waals surface area contributed by atoms with Gasteiger partial charge in [-0.15, -0.1) is 0 Å². The first-order valence-corrected chi connectivity index (χ1v) is 39.1. The molecule has 1 aliphatic rings. The van der Waals surface area contributed by atoms with Gasteiger partial charge in [0, 0.05) is 23.1 Å². The minimum atomic E-state index is 0. The molecule has 508 valence electrons. The van der Waals surface area contributed by atoms with Gasteiger partial charge in [-0.25, -0.2) is 4.70 Å². The van der Waals surface area contributed by atoms with Crippen molar-refractivity contribution in [3.63, 3.8) is 0 Å². The third kappa shape index (κ3) is 49.2. The van der Waals surface area contributed by atoms with Crippen LogP contribution in [0.15, 0.2) is 59.7 Å². The van der Waals surface area contributed by atoms with E-state index in [1.807, 2.05) is 0 Å². The van der Waals surface area contributed by atoms with E-state index in [2.05, 4.69) is 116 Å². The Hall–Kier alpha value is -2.43. The van der Waals surface area contributed by atoms with Crippen LogP contribution in [-0.2, 0) is 22.9 Å². The molecule has 2 aromatic rings. The first kappa shape index (κ1) is 85.6. The van der Waals surface area contributed by atoms with E-state index in [0.29, 0.717) is 0 Å². The zero-order chi connectivity index (χ0) is 63.0. The van der Waals surface area contributed by atoms with Crippen LogP contribution in [0.25, 0.3) is 16.9 Å². The second kappa shape index (κ2) is 67.5. The molecule has 1 aliphatic heterocycles. The van der Waals surface area contributed by atoms with Crippen LogP contribution in [0.1, 0.15) is 429 Å². The van der Waals surface area contributed by atoms with E-state index in [1.165, 1.54) is 355 Å². The Kier molecular flexibility index (Phi) is 65.6. The molecule has 0 bridgehead atoms. The summed E-state index contributed by atoms with van der Waals surface area (Å²) in [6, 6.07) is 17.4. The number of aryl methyl sites for hydroxylation is 2. The van der Waals surface area contributed by atoms with Crippen molar-refractivity contribution in [2.24, 2.45) is 0 Å². The number of rotatable bonds is 58. The molecule has 3 heteroatoms. The fourth-order valence-corrected chi connectivity index (χ4v) is 12.6. The van der Waals surface area contributed by atoms with Crippen LogP contribution in [0.3, 0.4) is 0 Å². The van der Waals surface area contributed by atoms with E-state index in [4.69, 9.17) is 0 Å². The summed E-state index contributed by atoms with van der Waals surface area (Å²) in [6.45, 7) is 21.3. The molecule has 0 saturated heterocycles. The largest absolute Gasteiger partial charge is 2.00 e. The van der Waals surface area contributed by atoms with Gasteiger partial charge in [0.25, 0.3) is 0 Å². The van der Waals surface area contributed by atoms with Gasteiger partial charge in [0.15, 0.2) is 0 Å². The Morgan fingerprint density at radius 3 is 0.989 bits per heavy atom. The van der Waals surface area contributed by atoms with Gasteiger partial charge < -0.3 is 19.4 Å². The van der Waals surface area contributed by atoms with Crippen molar-refractivity contribution in [2.45, 2.75) is 420 Å². The summed E-state index contributed by atoms with van der Waals surface area (Å²) < 4.78 is 1.47. The van der Waals surface area contributed by atoms with Gasteiger partial charge in [-0.1, -0.05) is 404 Å². The third-order valence-corrected chi connectivity index (χ3v) is 18.4. The molecule has 0 radical (unpaired) electrons. The maximum Gasteiger partial charge on any atom is 2.00 e. The molecule has 0 N–H and O–H groups in total. The number of benzene rings is 2. The Morgan fingerprint density at radius 1 is 0.341 bits per heavy atom. The van der Waals surface area contributed by atoms with E-state index < -0.39 is 0 Å². The number of allylic oxidation sites excluding steroid dienone is 2. The first-order chi connectivity index (χ1) is 42.9. The van der Waals surface area contributed by atoms with Gasteiger partial charge in [0.05, 0.1) is 0 Å². The van der Waals surface area contributed by atoms with Crippen LogP contribution < -0.4 is 0 Å². The molecule has 0 aliphatic carbocycles. The van der Waals surface area contributed by atoms with Gasteiger partial charge in [-0.3, -0.25) is 0 Å². The summed E-state index contributed by atoms with van der Waals surface area (Å²) in [4.78, 5) is 0. The molecule has 88 heavy (non-hydrogen) atoms. The molecule has 0 saturated carbocycles. The molecule has 0 amide bonds. The normalized spacial score (nSPS) is 12.0. The predicted molar refractivity (Wildman–Crippen MR) is 393 cm³/mol. The maximum atomic E-state index is 11.9. The van der Waals surface area contributed by atoms with Crippen molar-refractivity contribution in [1.82, 2.24) is 0 Å². The van der Waals surface area contributed by atoms with E-state index >= 15 is 0 Å². The number of hydrogen-bond donors (Lipinski definition) is 0. The van der Waals surface area contributed by atoms with E-state index in [9.17, 15) is 5.53 Å². The fourth-order valence-electron chi connectivity index (χ4n) is 12.6. The maximum absolute atomic E-state index is 11.9. The van der Waals surface area contributed by atoms with Crippen LogP contribution in [0.4, 0.5) is 0 Å². The topological polar surface area (TPSA) is 25.3 Å². The summed E-state index contributed by atoms with van der Waals surface area (Å²) in [5, 5.41) is 0. The van der Waals surface area contributed by atoms with Crippen LogP contribution in [0.5, 0.6) is 0 Å². The summed E-state index contributed by atoms with van der Waals surface area (Å²) in [6.07, 6.45) is 80.8. The minimum Gasteiger partial charge on any atom is -0.493 e. The molecular weight excluding hydrogens is 1110 g/mol. The molecule has 0 spiro atoms. The van der Waals surface area contributed by atoms with E-state index in [0.717, 1.165) is 73.0 Å². The smallest absolute Gasteiger partial charge is 0.493 e. The fraction of sp³-hybridized carbons (Fsp3) is 0.765. The molecule has 0 aromatic heterocycles. The van der Waals surface area contributed by atoms with Crippen molar-refractivity contribution in [3.05, 3.63) is 101 Å². The molecule has 2 aromatic carbocycles. The van der Waals surface area contributed by atoms with Crippen LogP contribution in [0, 0.1) is 32.6 Å². The number of nitrogens with zero attached hydrogens (tertiary/aromatic N) is 2. The molecule has 2 nitrogen and oxygen atoms in total. The van der Waals surface area contributed by atoms with Crippen molar-refractivity contribution in [2.75, 3.05) is 0 Å². The average molecular weight is 1260 g/mol. The van der Waals surface area contributed by atoms with Crippen molar-refractivity contribution < 1.29 is 21.2 Å². The molecule has 0 unspecified atom stereocenters. The molecule has 3 rings (SSSR count). The number of unbranched alkanes of at least 4 members (excludes halogenated alkanes) is 52.